The summed E-state index contributed by atoms with van der Waals surface area (Å²) in [5.74, 6) is 5.27. The van der Waals surface area contributed by atoms with Crippen molar-refractivity contribution in [3.63, 3.8) is 0 Å². The highest BCUT2D eigenvalue weighted by atomic mass is 127. The third kappa shape index (κ3) is 2.93. The number of halogens is 1. The molecule has 0 bridgehead atoms. The van der Waals surface area contributed by atoms with Gasteiger partial charge in [0.1, 0.15) is 5.69 Å². The number of anilines is 1. The molecule has 1 aromatic carbocycles. The number of nitrogens with one attached hydrogen (secondary N) is 1. The molecule has 1 heterocycles. The first-order chi connectivity index (χ1) is 9.52. The number of benzene rings is 1. The van der Waals surface area contributed by atoms with Crippen molar-refractivity contribution < 1.29 is 4.92 Å². The maximum Gasteiger partial charge on any atom is 0.293 e. The summed E-state index contributed by atoms with van der Waals surface area (Å²) < 4.78 is 1.92. The van der Waals surface area contributed by atoms with E-state index in [0.717, 1.165) is 0 Å². The van der Waals surface area contributed by atoms with Crippen molar-refractivity contribution in [1.29, 1.82) is 0 Å². The first-order valence-corrected chi connectivity index (χ1v) is 6.54. The Bertz CT molecular complexity index is 715. The number of rotatable bonds is 4. The van der Waals surface area contributed by atoms with Crippen molar-refractivity contribution in [2.75, 3.05) is 5.43 Å². The fourth-order valence-electron chi connectivity index (χ4n) is 1.69. The van der Waals surface area contributed by atoms with Crippen LogP contribution in [0.2, 0.25) is 0 Å². The summed E-state index contributed by atoms with van der Waals surface area (Å²) in [6.07, 6.45) is 2.89. The number of hydrogen-bond donors (Lipinski definition) is 2. The van der Waals surface area contributed by atoms with E-state index in [-0.39, 0.29) is 23.5 Å². The second kappa shape index (κ2) is 5.96. The normalized spacial score (nSPS) is 10.3. The van der Waals surface area contributed by atoms with Gasteiger partial charge in [-0.05, 0) is 34.2 Å². The predicted octanol–water partition coefficient (Wildman–Crippen LogP) is 1.09. The number of hydrogen-bond acceptors (Lipinski definition) is 6. The van der Waals surface area contributed by atoms with E-state index >= 15 is 0 Å². The summed E-state index contributed by atoms with van der Waals surface area (Å²) in [5.41, 5.74) is 2.89. The van der Waals surface area contributed by atoms with Crippen LogP contribution in [0.25, 0.3) is 0 Å². The second-order valence-corrected chi connectivity index (χ2v) is 5.09. The zero-order chi connectivity index (χ0) is 14.7. The Morgan fingerprint density at radius 1 is 1.50 bits per heavy atom. The Labute approximate surface area is 126 Å². The van der Waals surface area contributed by atoms with Crippen LogP contribution in [0.1, 0.15) is 5.56 Å². The van der Waals surface area contributed by atoms with Gasteiger partial charge in [0.05, 0.1) is 21.4 Å². The molecule has 0 spiro atoms. The molecule has 0 saturated heterocycles. The van der Waals surface area contributed by atoms with Gasteiger partial charge in [-0.25, -0.2) is 4.98 Å². The lowest BCUT2D eigenvalue weighted by Crippen LogP contribution is -2.23. The first-order valence-electron chi connectivity index (χ1n) is 5.47. The van der Waals surface area contributed by atoms with Crippen LogP contribution < -0.4 is 16.8 Å². The van der Waals surface area contributed by atoms with Crippen molar-refractivity contribution in [2.45, 2.75) is 6.54 Å². The molecule has 0 aliphatic carbocycles. The monoisotopic (exact) mass is 387 g/mol. The first kappa shape index (κ1) is 14.4. The van der Waals surface area contributed by atoms with Gasteiger partial charge in [0, 0.05) is 12.3 Å². The van der Waals surface area contributed by atoms with Gasteiger partial charge in [-0.3, -0.25) is 25.3 Å². The summed E-state index contributed by atoms with van der Waals surface area (Å²) in [5, 5.41) is 10.8. The summed E-state index contributed by atoms with van der Waals surface area (Å²) in [7, 11) is 0. The molecule has 2 rings (SSSR count). The fourth-order valence-corrected chi connectivity index (χ4v) is 2.16. The number of nitrogens with zero attached hydrogens (tertiary/aromatic N) is 3. The fraction of sp³-hybridized carbons (Fsp3) is 0.0909. The summed E-state index contributed by atoms with van der Waals surface area (Å²) in [6, 6.07) is 4.45. The predicted molar refractivity (Wildman–Crippen MR) is 81.2 cm³/mol. The molecule has 0 saturated carbocycles. The summed E-state index contributed by atoms with van der Waals surface area (Å²) in [4.78, 5) is 26.1. The Balaban J connectivity index is 2.37. The Morgan fingerprint density at radius 2 is 2.25 bits per heavy atom. The van der Waals surface area contributed by atoms with Gasteiger partial charge in [0.15, 0.2) is 0 Å². The molecule has 0 fully saturated rings. The second-order valence-electron chi connectivity index (χ2n) is 3.93. The average Bonchev–Trinajstić information content (AvgIpc) is 2.43. The van der Waals surface area contributed by atoms with Crippen LogP contribution in [0, 0.1) is 13.7 Å². The zero-order valence-electron chi connectivity index (χ0n) is 10.1. The number of aromatic nitrogens is 2. The van der Waals surface area contributed by atoms with Gasteiger partial charge in [-0.15, -0.1) is 0 Å². The van der Waals surface area contributed by atoms with Gasteiger partial charge < -0.3 is 5.43 Å². The number of hydrazine groups is 1. The maximum absolute atomic E-state index is 11.9. The van der Waals surface area contributed by atoms with Crippen molar-refractivity contribution in [1.82, 2.24) is 9.55 Å². The SMILES string of the molecule is NNc1cc(Cn2cncc(I)c2=O)ccc1[N+](=O)[O-]. The topological polar surface area (TPSA) is 116 Å². The standard InChI is InChI=1S/C11H10IN5O3/c12-8-4-14-6-16(11(8)18)5-7-1-2-10(17(19)20)9(3-7)15-13/h1-4,6,15H,5,13H2. The molecule has 9 heteroatoms. The van der Waals surface area contributed by atoms with Crippen LogP contribution in [0.3, 0.4) is 0 Å². The van der Waals surface area contributed by atoms with Gasteiger partial charge in [0.25, 0.3) is 11.2 Å². The average molecular weight is 387 g/mol. The molecule has 3 N–H and O–H groups in total. The van der Waals surface area contributed by atoms with E-state index in [1.54, 1.807) is 6.07 Å². The highest BCUT2D eigenvalue weighted by Crippen LogP contribution is 2.24. The molecule has 20 heavy (non-hydrogen) atoms. The largest absolute Gasteiger partial charge is 0.318 e. The van der Waals surface area contributed by atoms with E-state index in [9.17, 15) is 14.9 Å². The molecule has 0 aliphatic heterocycles. The van der Waals surface area contributed by atoms with E-state index in [1.807, 2.05) is 22.6 Å². The van der Waals surface area contributed by atoms with Gasteiger partial charge in [-0.1, -0.05) is 6.07 Å². The minimum absolute atomic E-state index is 0.121. The van der Waals surface area contributed by atoms with Crippen LogP contribution in [0.15, 0.2) is 35.5 Å². The number of nitro benzene ring substituents is 1. The third-order valence-corrected chi connectivity index (χ3v) is 3.37. The molecule has 0 unspecified atom stereocenters. The van der Waals surface area contributed by atoms with Crippen molar-refractivity contribution in [3.05, 3.63) is 60.3 Å². The van der Waals surface area contributed by atoms with Gasteiger partial charge >= 0.3 is 0 Å². The smallest absolute Gasteiger partial charge is 0.293 e. The number of nitrogen functional groups attached to an aromatic ring is 1. The quantitative estimate of drug-likeness (QED) is 0.351. The highest BCUT2D eigenvalue weighted by Gasteiger charge is 2.13. The van der Waals surface area contributed by atoms with Crippen LogP contribution in [-0.4, -0.2) is 14.5 Å². The third-order valence-electron chi connectivity index (χ3n) is 2.63. The van der Waals surface area contributed by atoms with E-state index in [2.05, 4.69) is 10.4 Å². The molecule has 104 valence electrons. The van der Waals surface area contributed by atoms with Crippen molar-refractivity contribution in [2.24, 2.45) is 5.84 Å². The summed E-state index contributed by atoms with van der Waals surface area (Å²) in [6.45, 7) is 0.259. The molecular formula is C11H10IN5O3. The minimum atomic E-state index is -0.530. The molecule has 1 aromatic heterocycles. The van der Waals surface area contributed by atoms with Crippen LogP contribution in [-0.2, 0) is 6.54 Å². The van der Waals surface area contributed by atoms with Crippen LogP contribution >= 0.6 is 22.6 Å². The minimum Gasteiger partial charge on any atom is -0.318 e. The van der Waals surface area contributed by atoms with E-state index in [1.165, 1.54) is 29.2 Å². The van der Waals surface area contributed by atoms with E-state index < -0.39 is 4.92 Å². The zero-order valence-corrected chi connectivity index (χ0v) is 12.3. The molecule has 0 aliphatic rings. The Morgan fingerprint density at radius 3 is 2.90 bits per heavy atom. The molecule has 0 radical (unpaired) electrons. The number of nitro groups is 1. The molecule has 0 atom stereocenters. The van der Waals surface area contributed by atoms with E-state index in [4.69, 9.17) is 5.84 Å². The summed E-state index contributed by atoms with van der Waals surface area (Å²) >= 11 is 1.90. The lowest BCUT2D eigenvalue weighted by Gasteiger charge is -2.08. The van der Waals surface area contributed by atoms with Crippen molar-refractivity contribution in [3.8, 4) is 0 Å². The van der Waals surface area contributed by atoms with Crippen LogP contribution in [0.4, 0.5) is 11.4 Å². The van der Waals surface area contributed by atoms with Crippen molar-refractivity contribution >= 4 is 34.0 Å². The molecule has 2 aromatic rings. The Kier molecular flexibility index (Phi) is 4.29. The number of nitrogens with two attached hydrogens (primary N) is 1. The highest BCUT2D eigenvalue weighted by molar-refractivity contribution is 14.1. The Hall–Kier alpha value is -2.01. The molecular weight excluding hydrogens is 377 g/mol. The lowest BCUT2D eigenvalue weighted by molar-refractivity contribution is -0.384. The van der Waals surface area contributed by atoms with E-state index in [0.29, 0.717) is 9.13 Å². The molecule has 8 nitrogen and oxygen atoms in total. The molecule has 0 amide bonds. The lowest BCUT2D eigenvalue weighted by atomic mass is 10.1. The van der Waals surface area contributed by atoms with Gasteiger partial charge in [0.2, 0.25) is 0 Å². The maximum atomic E-state index is 11.9. The van der Waals surface area contributed by atoms with Crippen LogP contribution in [0.5, 0.6) is 0 Å². The van der Waals surface area contributed by atoms with Gasteiger partial charge in [-0.2, -0.15) is 0 Å².